The molecule has 0 fully saturated rings. The van der Waals surface area contributed by atoms with E-state index in [1.807, 2.05) is 31.2 Å². The van der Waals surface area contributed by atoms with Crippen molar-refractivity contribution in [1.82, 2.24) is 4.90 Å². The van der Waals surface area contributed by atoms with Gasteiger partial charge in [-0.1, -0.05) is 24.3 Å². The summed E-state index contributed by atoms with van der Waals surface area (Å²) >= 11 is 0. The quantitative estimate of drug-likeness (QED) is 0.742. The third-order valence-corrected chi connectivity index (χ3v) is 3.05. The van der Waals surface area contributed by atoms with E-state index < -0.39 is 0 Å². The number of benzene rings is 1. The largest absolute Gasteiger partial charge is 0.275 e. The van der Waals surface area contributed by atoms with Gasteiger partial charge in [0.25, 0.3) is 11.8 Å². The number of carbonyl (C=O) groups is 2. The van der Waals surface area contributed by atoms with E-state index in [1.165, 1.54) is 22.1 Å². The molecule has 0 unspecified atom stereocenters. The molecule has 0 radical (unpaired) electrons. The molecule has 3 nitrogen and oxygen atoms in total. The van der Waals surface area contributed by atoms with Crippen molar-refractivity contribution in [3.05, 3.63) is 47.0 Å². The Morgan fingerprint density at radius 1 is 1.12 bits per heavy atom. The number of amides is 2. The minimum atomic E-state index is -0.193. The third kappa shape index (κ3) is 2.28. The molecule has 0 spiro atoms. The second-order valence-electron chi connectivity index (χ2n) is 4.30. The van der Waals surface area contributed by atoms with Gasteiger partial charge < -0.3 is 0 Å². The number of aryl methyl sites for hydroxylation is 1. The highest BCUT2D eigenvalue weighted by molar-refractivity contribution is 6.15. The zero-order chi connectivity index (χ0) is 12.4. The van der Waals surface area contributed by atoms with E-state index >= 15 is 0 Å². The fraction of sp³-hybridized carbons (Fsp3) is 0.286. The SMILES string of the molecule is CC1=CC(=O)N(CCc2ccccc2C)C1=O. The molecule has 0 atom stereocenters. The number of nitrogens with zero attached hydrogens (tertiary/aromatic N) is 1. The van der Waals surface area contributed by atoms with Crippen molar-refractivity contribution in [2.45, 2.75) is 20.3 Å². The van der Waals surface area contributed by atoms with Crippen molar-refractivity contribution in [1.29, 1.82) is 0 Å². The lowest BCUT2D eigenvalue weighted by Gasteiger charge is -2.15. The molecular formula is C14H15NO2. The van der Waals surface area contributed by atoms with Crippen LogP contribution in [-0.2, 0) is 16.0 Å². The summed E-state index contributed by atoms with van der Waals surface area (Å²) in [6.07, 6.45) is 2.12. The standard InChI is InChI=1S/C14H15NO2/c1-10-5-3-4-6-12(10)7-8-15-13(16)9-11(2)14(15)17/h3-6,9H,7-8H2,1-2H3. The Bertz CT molecular complexity index is 503. The van der Waals surface area contributed by atoms with Crippen LogP contribution >= 0.6 is 0 Å². The minimum Gasteiger partial charge on any atom is -0.275 e. The highest BCUT2D eigenvalue weighted by Crippen LogP contribution is 2.14. The van der Waals surface area contributed by atoms with Crippen LogP contribution in [0.1, 0.15) is 18.1 Å². The Kier molecular flexibility index (Phi) is 3.09. The van der Waals surface area contributed by atoms with E-state index in [1.54, 1.807) is 6.92 Å². The number of imide groups is 1. The molecule has 1 aliphatic heterocycles. The number of carbonyl (C=O) groups excluding carboxylic acids is 2. The van der Waals surface area contributed by atoms with Crippen molar-refractivity contribution >= 4 is 11.8 Å². The predicted octanol–water partition coefficient (Wildman–Crippen LogP) is 1.85. The molecule has 0 bridgehead atoms. The van der Waals surface area contributed by atoms with Gasteiger partial charge in [0.1, 0.15) is 0 Å². The second kappa shape index (κ2) is 4.53. The average molecular weight is 229 g/mol. The topological polar surface area (TPSA) is 37.4 Å². The van der Waals surface area contributed by atoms with Crippen LogP contribution in [0.2, 0.25) is 0 Å². The van der Waals surface area contributed by atoms with Gasteiger partial charge in [-0.15, -0.1) is 0 Å². The Labute approximate surface area is 101 Å². The number of rotatable bonds is 3. The van der Waals surface area contributed by atoms with Crippen molar-refractivity contribution in [2.24, 2.45) is 0 Å². The molecular weight excluding hydrogens is 214 g/mol. The molecule has 0 saturated carbocycles. The molecule has 1 aromatic rings. The normalized spacial score (nSPS) is 15.4. The highest BCUT2D eigenvalue weighted by atomic mass is 16.2. The third-order valence-electron chi connectivity index (χ3n) is 3.05. The second-order valence-corrected chi connectivity index (χ2v) is 4.30. The summed E-state index contributed by atoms with van der Waals surface area (Å²) in [6.45, 7) is 4.16. The fourth-order valence-electron chi connectivity index (χ4n) is 1.97. The van der Waals surface area contributed by atoms with E-state index in [9.17, 15) is 9.59 Å². The lowest BCUT2D eigenvalue weighted by atomic mass is 10.1. The maximum atomic E-state index is 11.7. The molecule has 1 aliphatic rings. The van der Waals surface area contributed by atoms with E-state index in [0.717, 1.165) is 0 Å². The highest BCUT2D eigenvalue weighted by Gasteiger charge is 2.27. The van der Waals surface area contributed by atoms with Gasteiger partial charge in [-0.3, -0.25) is 14.5 Å². The molecule has 2 rings (SSSR count). The van der Waals surface area contributed by atoms with Crippen molar-refractivity contribution < 1.29 is 9.59 Å². The summed E-state index contributed by atoms with van der Waals surface area (Å²) in [4.78, 5) is 24.5. The zero-order valence-electron chi connectivity index (χ0n) is 10.1. The van der Waals surface area contributed by atoms with Gasteiger partial charge in [-0.05, 0) is 31.4 Å². The van der Waals surface area contributed by atoms with E-state index in [-0.39, 0.29) is 11.8 Å². The molecule has 0 N–H and O–H groups in total. The molecule has 1 aromatic carbocycles. The van der Waals surface area contributed by atoms with Gasteiger partial charge in [-0.2, -0.15) is 0 Å². The van der Waals surface area contributed by atoms with E-state index in [0.29, 0.717) is 18.5 Å². The molecule has 1 heterocycles. The summed E-state index contributed by atoms with van der Waals surface area (Å²) < 4.78 is 0. The van der Waals surface area contributed by atoms with Crippen LogP contribution in [-0.4, -0.2) is 23.3 Å². The van der Waals surface area contributed by atoms with Gasteiger partial charge >= 0.3 is 0 Å². The molecule has 0 aromatic heterocycles. The lowest BCUT2D eigenvalue weighted by molar-refractivity contribution is -0.137. The molecule has 0 aliphatic carbocycles. The molecule has 2 amide bonds. The maximum Gasteiger partial charge on any atom is 0.256 e. The predicted molar refractivity (Wildman–Crippen MR) is 65.4 cm³/mol. The minimum absolute atomic E-state index is 0.163. The van der Waals surface area contributed by atoms with E-state index in [4.69, 9.17) is 0 Å². The van der Waals surface area contributed by atoms with Crippen LogP contribution in [0.15, 0.2) is 35.9 Å². The van der Waals surface area contributed by atoms with E-state index in [2.05, 4.69) is 0 Å². The van der Waals surface area contributed by atoms with Crippen LogP contribution in [0.3, 0.4) is 0 Å². The van der Waals surface area contributed by atoms with Gasteiger partial charge in [0.2, 0.25) is 0 Å². The lowest BCUT2D eigenvalue weighted by Crippen LogP contribution is -2.32. The van der Waals surface area contributed by atoms with Crippen LogP contribution in [0.25, 0.3) is 0 Å². The van der Waals surface area contributed by atoms with Crippen LogP contribution in [0, 0.1) is 6.92 Å². The van der Waals surface area contributed by atoms with Crippen molar-refractivity contribution in [3.8, 4) is 0 Å². The van der Waals surface area contributed by atoms with Gasteiger partial charge in [0.05, 0.1) is 0 Å². The smallest absolute Gasteiger partial charge is 0.256 e. The molecule has 3 heteroatoms. The fourth-order valence-corrected chi connectivity index (χ4v) is 1.97. The summed E-state index contributed by atoms with van der Waals surface area (Å²) in [5.41, 5.74) is 2.90. The summed E-state index contributed by atoms with van der Waals surface area (Å²) in [5, 5.41) is 0. The van der Waals surface area contributed by atoms with Gasteiger partial charge in [0, 0.05) is 18.2 Å². The average Bonchev–Trinajstić information content (AvgIpc) is 2.53. The molecule has 88 valence electrons. The van der Waals surface area contributed by atoms with Crippen molar-refractivity contribution in [2.75, 3.05) is 6.54 Å². The summed E-state index contributed by atoms with van der Waals surface area (Å²) in [6, 6.07) is 8.02. The first-order valence-electron chi connectivity index (χ1n) is 5.68. The van der Waals surface area contributed by atoms with Gasteiger partial charge in [-0.25, -0.2) is 0 Å². The first kappa shape index (κ1) is 11.6. The Balaban J connectivity index is 2.03. The monoisotopic (exact) mass is 229 g/mol. The number of hydrogen-bond acceptors (Lipinski definition) is 2. The summed E-state index contributed by atoms with van der Waals surface area (Å²) in [7, 11) is 0. The van der Waals surface area contributed by atoms with Crippen LogP contribution in [0.4, 0.5) is 0 Å². The maximum absolute atomic E-state index is 11.7. The first-order valence-corrected chi connectivity index (χ1v) is 5.68. The Morgan fingerprint density at radius 2 is 1.82 bits per heavy atom. The Morgan fingerprint density at radius 3 is 2.41 bits per heavy atom. The number of hydrogen-bond donors (Lipinski definition) is 0. The zero-order valence-corrected chi connectivity index (χ0v) is 10.1. The van der Waals surface area contributed by atoms with Gasteiger partial charge in [0.15, 0.2) is 0 Å². The molecule has 17 heavy (non-hydrogen) atoms. The summed E-state index contributed by atoms with van der Waals surface area (Å²) in [5.74, 6) is -0.357. The van der Waals surface area contributed by atoms with Crippen LogP contribution < -0.4 is 0 Å². The van der Waals surface area contributed by atoms with Crippen molar-refractivity contribution in [3.63, 3.8) is 0 Å². The molecule has 0 saturated heterocycles. The first-order chi connectivity index (χ1) is 8.09. The van der Waals surface area contributed by atoms with Crippen LogP contribution in [0.5, 0.6) is 0 Å². The Hall–Kier alpha value is -1.90.